The second-order valence-electron chi connectivity index (χ2n) is 4.92. The van der Waals surface area contributed by atoms with Gasteiger partial charge in [-0.3, -0.25) is 4.79 Å². The number of halogens is 1. The van der Waals surface area contributed by atoms with Gasteiger partial charge in [0.2, 0.25) is 5.91 Å². The quantitative estimate of drug-likeness (QED) is 0.789. The van der Waals surface area contributed by atoms with Crippen molar-refractivity contribution in [3.05, 3.63) is 64.1 Å². The molecule has 110 valence electrons. The molecule has 2 aromatic rings. The van der Waals surface area contributed by atoms with E-state index in [1.165, 1.54) is 5.56 Å². The molecule has 0 heterocycles. The smallest absolute Gasteiger partial charge is 0.233 e. The summed E-state index contributed by atoms with van der Waals surface area (Å²) in [6.07, 6.45) is 0. The SMILES string of the molecule is Cc1ccc(CNC(=O)C(C)Sc2ccc(Br)cc2)cc1. The fraction of sp³-hybridized carbons (Fsp3) is 0.235. The topological polar surface area (TPSA) is 29.1 Å². The highest BCUT2D eigenvalue weighted by molar-refractivity contribution is 9.10. The van der Waals surface area contributed by atoms with Crippen LogP contribution in [0.1, 0.15) is 18.1 Å². The first-order valence-corrected chi connectivity index (χ1v) is 8.47. The van der Waals surface area contributed by atoms with Crippen molar-refractivity contribution in [2.24, 2.45) is 0 Å². The molecule has 1 amide bonds. The number of rotatable bonds is 5. The first-order chi connectivity index (χ1) is 10.0. The monoisotopic (exact) mass is 363 g/mol. The predicted octanol–water partition coefficient (Wildman–Crippen LogP) is 4.55. The molecule has 21 heavy (non-hydrogen) atoms. The third-order valence-corrected chi connectivity index (χ3v) is 4.72. The number of benzene rings is 2. The molecule has 1 atom stereocenters. The van der Waals surface area contributed by atoms with Crippen LogP contribution in [0.2, 0.25) is 0 Å². The molecule has 0 aromatic heterocycles. The molecule has 0 aliphatic carbocycles. The summed E-state index contributed by atoms with van der Waals surface area (Å²) in [6, 6.07) is 16.2. The summed E-state index contributed by atoms with van der Waals surface area (Å²) in [7, 11) is 0. The van der Waals surface area contributed by atoms with E-state index in [2.05, 4.69) is 40.3 Å². The van der Waals surface area contributed by atoms with E-state index in [4.69, 9.17) is 0 Å². The number of carbonyl (C=O) groups is 1. The van der Waals surface area contributed by atoms with Crippen LogP contribution in [0.4, 0.5) is 0 Å². The highest BCUT2D eigenvalue weighted by Gasteiger charge is 2.13. The molecule has 0 spiro atoms. The molecule has 0 aliphatic heterocycles. The largest absolute Gasteiger partial charge is 0.351 e. The molecule has 2 aromatic carbocycles. The highest BCUT2D eigenvalue weighted by atomic mass is 79.9. The van der Waals surface area contributed by atoms with Gasteiger partial charge in [-0.1, -0.05) is 45.8 Å². The number of hydrogen-bond acceptors (Lipinski definition) is 2. The molecule has 1 unspecified atom stereocenters. The Morgan fingerprint density at radius 3 is 2.38 bits per heavy atom. The van der Waals surface area contributed by atoms with Crippen LogP contribution in [-0.2, 0) is 11.3 Å². The first-order valence-electron chi connectivity index (χ1n) is 6.80. The molecular weight excluding hydrogens is 346 g/mol. The second kappa shape index (κ2) is 7.66. The summed E-state index contributed by atoms with van der Waals surface area (Å²) in [4.78, 5) is 13.2. The van der Waals surface area contributed by atoms with E-state index in [-0.39, 0.29) is 11.2 Å². The second-order valence-corrected chi connectivity index (χ2v) is 7.25. The lowest BCUT2D eigenvalue weighted by Gasteiger charge is -2.12. The van der Waals surface area contributed by atoms with Crippen LogP contribution in [0.15, 0.2) is 57.9 Å². The molecule has 0 saturated carbocycles. The maximum absolute atomic E-state index is 12.1. The molecular formula is C17H18BrNOS. The van der Waals surface area contributed by atoms with Crippen LogP contribution in [0.25, 0.3) is 0 Å². The number of aryl methyl sites for hydroxylation is 1. The van der Waals surface area contributed by atoms with Crippen LogP contribution < -0.4 is 5.32 Å². The molecule has 0 radical (unpaired) electrons. The fourth-order valence-electron chi connectivity index (χ4n) is 1.81. The third-order valence-electron chi connectivity index (χ3n) is 3.08. The van der Waals surface area contributed by atoms with Crippen molar-refractivity contribution >= 4 is 33.6 Å². The maximum atomic E-state index is 12.1. The Labute approximate surface area is 138 Å². The Hall–Kier alpha value is -1.26. The van der Waals surface area contributed by atoms with E-state index >= 15 is 0 Å². The van der Waals surface area contributed by atoms with Gasteiger partial charge in [0.15, 0.2) is 0 Å². The minimum atomic E-state index is -0.114. The van der Waals surface area contributed by atoms with Crippen LogP contribution >= 0.6 is 27.7 Å². The molecule has 0 fully saturated rings. The summed E-state index contributed by atoms with van der Waals surface area (Å²) in [5, 5.41) is 2.87. The molecule has 0 saturated heterocycles. The average Bonchev–Trinajstić information content (AvgIpc) is 2.48. The predicted molar refractivity (Wildman–Crippen MR) is 92.5 cm³/mol. The Bertz CT molecular complexity index is 595. The number of thioether (sulfide) groups is 1. The molecule has 1 N–H and O–H groups in total. The fourth-order valence-corrected chi connectivity index (χ4v) is 2.97. The van der Waals surface area contributed by atoms with Crippen LogP contribution in [0, 0.1) is 6.92 Å². The summed E-state index contributed by atoms with van der Waals surface area (Å²) >= 11 is 4.97. The van der Waals surface area contributed by atoms with Gasteiger partial charge in [0.1, 0.15) is 0 Å². The average molecular weight is 364 g/mol. The van der Waals surface area contributed by atoms with Gasteiger partial charge in [-0.15, -0.1) is 11.8 Å². The van der Waals surface area contributed by atoms with Crippen molar-refractivity contribution in [2.45, 2.75) is 30.5 Å². The van der Waals surface area contributed by atoms with Gasteiger partial charge in [-0.2, -0.15) is 0 Å². The molecule has 2 nitrogen and oxygen atoms in total. The summed E-state index contributed by atoms with van der Waals surface area (Å²) in [5.41, 5.74) is 2.35. The number of carbonyl (C=O) groups excluding carboxylic acids is 1. The number of nitrogens with one attached hydrogen (secondary N) is 1. The van der Waals surface area contributed by atoms with Gasteiger partial charge in [0, 0.05) is 15.9 Å². The number of hydrogen-bond donors (Lipinski definition) is 1. The zero-order valence-electron chi connectivity index (χ0n) is 12.1. The van der Waals surface area contributed by atoms with Crippen molar-refractivity contribution < 1.29 is 4.79 Å². The van der Waals surface area contributed by atoms with Crippen LogP contribution in [0.5, 0.6) is 0 Å². The van der Waals surface area contributed by atoms with Crippen molar-refractivity contribution in [3.8, 4) is 0 Å². The molecule has 4 heteroatoms. The summed E-state index contributed by atoms with van der Waals surface area (Å²) in [6.45, 7) is 4.56. The first kappa shape index (κ1) is 16.1. The Morgan fingerprint density at radius 1 is 1.14 bits per heavy atom. The van der Waals surface area contributed by atoms with Crippen molar-refractivity contribution in [1.29, 1.82) is 0 Å². The minimum Gasteiger partial charge on any atom is -0.351 e. The van der Waals surface area contributed by atoms with Crippen LogP contribution in [-0.4, -0.2) is 11.2 Å². The standard InChI is InChI=1S/C17H18BrNOS/c1-12-3-5-14(6-4-12)11-19-17(20)13(2)21-16-9-7-15(18)8-10-16/h3-10,13H,11H2,1-2H3,(H,19,20). The maximum Gasteiger partial charge on any atom is 0.233 e. The van der Waals surface area contributed by atoms with E-state index in [9.17, 15) is 4.79 Å². The Balaban J connectivity index is 1.84. The lowest BCUT2D eigenvalue weighted by Crippen LogP contribution is -2.30. The van der Waals surface area contributed by atoms with Crippen molar-refractivity contribution in [3.63, 3.8) is 0 Å². The van der Waals surface area contributed by atoms with Gasteiger partial charge in [-0.25, -0.2) is 0 Å². The summed E-state index contributed by atoms with van der Waals surface area (Å²) < 4.78 is 1.04. The zero-order chi connectivity index (χ0) is 15.2. The lowest BCUT2D eigenvalue weighted by atomic mass is 10.1. The van der Waals surface area contributed by atoms with Crippen molar-refractivity contribution in [2.75, 3.05) is 0 Å². The normalized spacial score (nSPS) is 12.0. The lowest BCUT2D eigenvalue weighted by molar-refractivity contribution is -0.120. The third kappa shape index (κ3) is 5.21. The zero-order valence-corrected chi connectivity index (χ0v) is 14.5. The molecule has 0 bridgehead atoms. The minimum absolute atomic E-state index is 0.0588. The van der Waals surface area contributed by atoms with Gasteiger partial charge in [0.25, 0.3) is 0 Å². The van der Waals surface area contributed by atoms with E-state index in [1.54, 1.807) is 11.8 Å². The van der Waals surface area contributed by atoms with Crippen LogP contribution in [0.3, 0.4) is 0 Å². The molecule has 0 aliphatic rings. The van der Waals surface area contributed by atoms with E-state index in [0.29, 0.717) is 6.54 Å². The van der Waals surface area contributed by atoms with Gasteiger partial charge < -0.3 is 5.32 Å². The van der Waals surface area contributed by atoms with Gasteiger partial charge in [-0.05, 0) is 43.7 Å². The molecule has 2 rings (SSSR count). The Kier molecular flexibility index (Phi) is 5.88. The van der Waals surface area contributed by atoms with Gasteiger partial charge >= 0.3 is 0 Å². The Morgan fingerprint density at radius 2 is 1.76 bits per heavy atom. The van der Waals surface area contributed by atoms with E-state index < -0.39 is 0 Å². The number of amides is 1. The van der Waals surface area contributed by atoms with Gasteiger partial charge in [0.05, 0.1) is 5.25 Å². The summed E-state index contributed by atoms with van der Waals surface area (Å²) in [5.74, 6) is 0.0588. The highest BCUT2D eigenvalue weighted by Crippen LogP contribution is 2.24. The van der Waals surface area contributed by atoms with Crippen molar-refractivity contribution in [1.82, 2.24) is 5.32 Å². The van der Waals surface area contributed by atoms with E-state index in [1.807, 2.05) is 43.3 Å². The van der Waals surface area contributed by atoms with E-state index in [0.717, 1.165) is 14.9 Å².